The zero-order valence-corrected chi connectivity index (χ0v) is 13.5. The molecule has 0 aliphatic carbocycles. The molecule has 1 atom stereocenters. The first-order chi connectivity index (χ1) is 10.7. The number of benzene rings is 1. The van der Waals surface area contributed by atoms with Gasteiger partial charge in [-0.3, -0.25) is 4.79 Å². The Morgan fingerprint density at radius 2 is 1.78 bits per heavy atom. The van der Waals surface area contributed by atoms with Crippen molar-refractivity contribution in [2.45, 2.75) is 38.8 Å². The number of nitrogens with two attached hydrogens (primary N) is 1. The van der Waals surface area contributed by atoms with Crippen LogP contribution in [0.2, 0.25) is 0 Å². The van der Waals surface area contributed by atoms with Crippen LogP contribution < -0.4 is 11.1 Å². The molecule has 0 fully saturated rings. The van der Waals surface area contributed by atoms with Crippen LogP contribution in [0.4, 0.5) is 4.79 Å². The van der Waals surface area contributed by atoms with Crippen molar-refractivity contribution in [1.82, 2.24) is 5.32 Å². The van der Waals surface area contributed by atoms with Gasteiger partial charge in [-0.2, -0.15) is 0 Å². The lowest BCUT2D eigenvalue weighted by Crippen LogP contribution is -2.46. The van der Waals surface area contributed by atoms with Gasteiger partial charge in [0.25, 0.3) is 5.91 Å². The molecule has 0 bridgehead atoms. The Labute approximate surface area is 135 Å². The zero-order valence-electron chi connectivity index (χ0n) is 13.5. The van der Waals surface area contributed by atoms with Gasteiger partial charge in [0.1, 0.15) is 11.6 Å². The molecule has 0 saturated heterocycles. The number of carbonyl (C=O) groups is 3. The number of alkyl carbamates (subject to hydrolysis) is 1. The lowest BCUT2D eigenvalue weighted by atomic mass is 10.1. The highest BCUT2D eigenvalue weighted by Crippen LogP contribution is 2.09. The highest BCUT2D eigenvalue weighted by molar-refractivity contribution is 5.84. The SMILES string of the molecule is CC(C)(C)OC(=O)NC(Cc1ccccc1)C(=O)OCC(N)=O. The first kappa shape index (κ1) is 18.5. The van der Waals surface area contributed by atoms with Crippen molar-refractivity contribution in [3.05, 3.63) is 35.9 Å². The van der Waals surface area contributed by atoms with E-state index in [0.29, 0.717) is 0 Å². The third-order valence-corrected chi connectivity index (χ3v) is 2.61. The van der Waals surface area contributed by atoms with Crippen molar-refractivity contribution >= 4 is 18.0 Å². The molecule has 0 radical (unpaired) electrons. The van der Waals surface area contributed by atoms with E-state index in [9.17, 15) is 14.4 Å². The van der Waals surface area contributed by atoms with Crippen molar-refractivity contribution in [2.75, 3.05) is 6.61 Å². The minimum Gasteiger partial charge on any atom is -0.454 e. The molecule has 7 heteroatoms. The summed E-state index contributed by atoms with van der Waals surface area (Å²) < 4.78 is 9.92. The van der Waals surface area contributed by atoms with E-state index in [1.54, 1.807) is 20.8 Å². The lowest BCUT2D eigenvalue weighted by molar-refractivity contribution is -0.149. The highest BCUT2D eigenvalue weighted by atomic mass is 16.6. The molecule has 0 aliphatic heterocycles. The molecular formula is C16H22N2O5. The normalized spacial score (nSPS) is 12.1. The molecule has 0 heterocycles. The van der Waals surface area contributed by atoms with Gasteiger partial charge in [-0.05, 0) is 26.3 Å². The van der Waals surface area contributed by atoms with Crippen LogP contribution in [0.1, 0.15) is 26.3 Å². The summed E-state index contributed by atoms with van der Waals surface area (Å²) in [5.41, 5.74) is 5.08. The molecule has 0 saturated carbocycles. The largest absolute Gasteiger partial charge is 0.454 e. The Morgan fingerprint density at radius 3 is 2.30 bits per heavy atom. The van der Waals surface area contributed by atoms with E-state index in [2.05, 4.69) is 5.32 Å². The van der Waals surface area contributed by atoms with Gasteiger partial charge in [-0.15, -0.1) is 0 Å². The molecule has 1 unspecified atom stereocenters. The van der Waals surface area contributed by atoms with Crippen LogP contribution in [0.25, 0.3) is 0 Å². The van der Waals surface area contributed by atoms with E-state index in [1.807, 2.05) is 30.3 Å². The molecule has 1 aromatic carbocycles. The summed E-state index contributed by atoms with van der Waals surface area (Å²) in [6, 6.07) is 8.11. The number of ether oxygens (including phenoxy) is 2. The number of nitrogens with one attached hydrogen (secondary N) is 1. The fourth-order valence-electron chi connectivity index (χ4n) is 1.74. The third-order valence-electron chi connectivity index (χ3n) is 2.61. The molecule has 126 valence electrons. The molecule has 0 aliphatic rings. The molecule has 7 nitrogen and oxygen atoms in total. The number of primary amides is 1. The molecule has 1 aromatic rings. The zero-order chi connectivity index (χ0) is 17.5. The monoisotopic (exact) mass is 322 g/mol. The summed E-state index contributed by atoms with van der Waals surface area (Å²) in [5.74, 6) is -1.52. The Morgan fingerprint density at radius 1 is 1.17 bits per heavy atom. The fraction of sp³-hybridized carbons (Fsp3) is 0.438. The average molecular weight is 322 g/mol. The second kappa shape index (κ2) is 8.17. The Bertz CT molecular complexity index is 551. The summed E-state index contributed by atoms with van der Waals surface area (Å²) in [6.45, 7) is 4.60. The molecule has 3 N–H and O–H groups in total. The molecule has 0 aromatic heterocycles. The standard InChI is InChI=1S/C16H22N2O5/c1-16(2,3)23-15(21)18-12(14(20)22-10-13(17)19)9-11-7-5-4-6-8-11/h4-8,12H,9-10H2,1-3H3,(H2,17,19)(H,18,21). The van der Waals surface area contributed by atoms with Crippen LogP contribution in [0.5, 0.6) is 0 Å². The van der Waals surface area contributed by atoms with E-state index in [-0.39, 0.29) is 6.42 Å². The summed E-state index contributed by atoms with van der Waals surface area (Å²) in [4.78, 5) is 34.6. The summed E-state index contributed by atoms with van der Waals surface area (Å²) in [5, 5.41) is 2.46. The van der Waals surface area contributed by atoms with Crippen LogP contribution in [-0.2, 0) is 25.5 Å². The van der Waals surface area contributed by atoms with Gasteiger partial charge < -0.3 is 20.5 Å². The second-order valence-corrected chi connectivity index (χ2v) is 5.96. The predicted octanol–water partition coefficient (Wildman–Crippen LogP) is 1.15. The van der Waals surface area contributed by atoms with Crippen molar-refractivity contribution in [2.24, 2.45) is 5.73 Å². The van der Waals surface area contributed by atoms with Crippen molar-refractivity contribution < 1.29 is 23.9 Å². The van der Waals surface area contributed by atoms with E-state index in [4.69, 9.17) is 15.2 Å². The quantitative estimate of drug-likeness (QED) is 0.764. The molecule has 0 spiro atoms. The summed E-state index contributed by atoms with van der Waals surface area (Å²) >= 11 is 0. The molecule has 23 heavy (non-hydrogen) atoms. The first-order valence-electron chi connectivity index (χ1n) is 7.16. The Kier molecular flexibility index (Phi) is 6.56. The van der Waals surface area contributed by atoms with Crippen molar-refractivity contribution in [1.29, 1.82) is 0 Å². The Hall–Kier alpha value is -2.57. The smallest absolute Gasteiger partial charge is 0.408 e. The van der Waals surface area contributed by atoms with Crippen LogP contribution in [0, 0.1) is 0 Å². The lowest BCUT2D eigenvalue weighted by Gasteiger charge is -2.23. The van der Waals surface area contributed by atoms with Crippen molar-refractivity contribution in [3.8, 4) is 0 Å². The number of esters is 1. The summed E-state index contributed by atoms with van der Waals surface area (Å²) in [7, 11) is 0. The van der Waals surface area contributed by atoms with Gasteiger partial charge in [0.15, 0.2) is 6.61 Å². The van der Waals surface area contributed by atoms with Crippen LogP contribution in [-0.4, -0.2) is 36.2 Å². The number of rotatable bonds is 6. The predicted molar refractivity (Wildman–Crippen MR) is 83.5 cm³/mol. The fourth-order valence-corrected chi connectivity index (χ4v) is 1.74. The minimum atomic E-state index is -0.980. The van der Waals surface area contributed by atoms with Gasteiger partial charge in [0.05, 0.1) is 0 Å². The van der Waals surface area contributed by atoms with E-state index in [0.717, 1.165) is 5.56 Å². The van der Waals surface area contributed by atoms with Crippen LogP contribution in [0.3, 0.4) is 0 Å². The van der Waals surface area contributed by atoms with Gasteiger partial charge in [0, 0.05) is 6.42 Å². The molecular weight excluding hydrogens is 300 g/mol. The number of hydrogen-bond donors (Lipinski definition) is 2. The van der Waals surface area contributed by atoms with Gasteiger partial charge in [0.2, 0.25) is 0 Å². The van der Waals surface area contributed by atoms with Gasteiger partial charge in [-0.1, -0.05) is 30.3 Å². The minimum absolute atomic E-state index is 0.206. The maximum atomic E-state index is 12.1. The maximum Gasteiger partial charge on any atom is 0.408 e. The van der Waals surface area contributed by atoms with E-state index < -0.39 is 36.2 Å². The summed E-state index contributed by atoms with van der Waals surface area (Å²) in [6.07, 6.45) is -0.535. The topological polar surface area (TPSA) is 108 Å². The van der Waals surface area contributed by atoms with Crippen LogP contribution in [0.15, 0.2) is 30.3 Å². The highest BCUT2D eigenvalue weighted by Gasteiger charge is 2.26. The Balaban J connectivity index is 2.77. The second-order valence-electron chi connectivity index (χ2n) is 5.96. The van der Waals surface area contributed by atoms with Crippen LogP contribution >= 0.6 is 0 Å². The number of amides is 2. The van der Waals surface area contributed by atoms with Crippen molar-refractivity contribution in [3.63, 3.8) is 0 Å². The number of hydrogen-bond acceptors (Lipinski definition) is 5. The van der Waals surface area contributed by atoms with E-state index >= 15 is 0 Å². The van der Waals surface area contributed by atoms with Gasteiger partial charge in [-0.25, -0.2) is 9.59 Å². The molecule has 1 rings (SSSR count). The maximum absolute atomic E-state index is 12.1. The third kappa shape index (κ3) is 7.85. The number of carbonyl (C=O) groups excluding carboxylic acids is 3. The molecule has 2 amide bonds. The average Bonchev–Trinajstić information content (AvgIpc) is 2.43. The first-order valence-corrected chi connectivity index (χ1v) is 7.16. The van der Waals surface area contributed by atoms with E-state index in [1.165, 1.54) is 0 Å². The van der Waals surface area contributed by atoms with Gasteiger partial charge >= 0.3 is 12.1 Å².